The molecular formula is C15H23NO3. The second kappa shape index (κ2) is 5.95. The van der Waals surface area contributed by atoms with Gasteiger partial charge in [0.1, 0.15) is 0 Å². The molecule has 0 bridgehead atoms. The van der Waals surface area contributed by atoms with Crippen molar-refractivity contribution < 1.29 is 14.6 Å². The molecule has 0 saturated heterocycles. The van der Waals surface area contributed by atoms with Gasteiger partial charge in [0.15, 0.2) is 11.5 Å². The van der Waals surface area contributed by atoms with Crippen LogP contribution in [0.5, 0.6) is 11.5 Å². The third-order valence-corrected chi connectivity index (χ3v) is 3.04. The molecule has 19 heavy (non-hydrogen) atoms. The number of nitrogens with zero attached hydrogens (tertiary/aromatic N) is 1. The van der Waals surface area contributed by atoms with Crippen LogP contribution in [-0.2, 0) is 5.41 Å². The van der Waals surface area contributed by atoms with E-state index in [9.17, 15) is 9.90 Å². The Morgan fingerprint density at radius 1 is 1.26 bits per heavy atom. The van der Waals surface area contributed by atoms with E-state index < -0.39 is 6.09 Å². The zero-order valence-corrected chi connectivity index (χ0v) is 12.4. The molecule has 1 aromatic carbocycles. The topological polar surface area (TPSA) is 49.8 Å². The Kier molecular flexibility index (Phi) is 4.81. The summed E-state index contributed by atoms with van der Waals surface area (Å²) >= 11 is 0. The SMILES string of the molecule is CCN(CC)C(=O)Oc1ccc(C(C)(C)C)cc1O. The Morgan fingerprint density at radius 3 is 2.26 bits per heavy atom. The van der Waals surface area contributed by atoms with E-state index in [4.69, 9.17) is 4.74 Å². The summed E-state index contributed by atoms with van der Waals surface area (Å²) in [5, 5.41) is 9.94. The molecule has 1 N–H and O–H groups in total. The van der Waals surface area contributed by atoms with E-state index in [1.165, 1.54) is 0 Å². The molecule has 0 radical (unpaired) electrons. The van der Waals surface area contributed by atoms with Crippen LogP contribution >= 0.6 is 0 Å². The highest BCUT2D eigenvalue weighted by Crippen LogP contribution is 2.32. The van der Waals surface area contributed by atoms with Crippen molar-refractivity contribution in [3.63, 3.8) is 0 Å². The molecule has 106 valence electrons. The quantitative estimate of drug-likeness (QED) is 0.909. The number of benzene rings is 1. The van der Waals surface area contributed by atoms with Crippen molar-refractivity contribution in [2.45, 2.75) is 40.0 Å². The van der Waals surface area contributed by atoms with Crippen LogP contribution in [0.1, 0.15) is 40.2 Å². The van der Waals surface area contributed by atoms with Gasteiger partial charge in [-0.25, -0.2) is 4.79 Å². The molecule has 1 rings (SSSR count). The second-order valence-electron chi connectivity index (χ2n) is 5.47. The third-order valence-electron chi connectivity index (χ3n) is 3.04. The summed E-state index contributed by atoms with van der Waals surface area (Å²) in [4.78, 5) is 13.4. The summed E-state index contributed by atoms with van der Waals surface area (Å²) in [5.74, 6) is 0.192. The van der Waals surface area contributed by atoms with Gasteiger partial charge in [0, 0.05) is 13.1 Å². The largest absolute Gasteiger partial charge is 0.504 e. The van der Waals surface area contributed by atoms with Crippen LogP contribution in [0.2, 0.25) is 0 Å². The van der Waals surface area contributed by atoms with Crippen LogP contribution in [0.3, 0.4) is 0 Å². The average molecular weight is 265 g/mol. The van der Waals surface area contributed by atoms with E-state index in [2.05, 4.69) is 20.8 Å². The summed E-state index contributed by atoms with van der Waals surface area (Å²) in [6.45, 7) is 11.1. The summed E-state index contributed by atoms with van der Waals surface area (Å²) in [6, 6.07) is 5.15. The van der Waals surface area contributed by atoms with Crippen molar-refractivity contribution in [3.8, 4) is 11.5 Å². The zero-order chi connectivity index (χ0) is 14.6. The normalized spacial score (nSPS) is 11.2. The van der Waals surface area contributed by atoms with Crippen molar-refractivity contribution >= 4 is 6.09 Å². The van der Waals surface area contributed by atoms with E-state index >= 15 is 0 Å². The van der Waals surface area contributed by atoms with E-state index in [0.29, 0.717) is 13.1 Å². The fourth-order valence-corrected chi connectivity index (χ4v) is 1.71. The molecular weight excluding hydrogens is 242 g/mol. The van der Waals surface area contributed by atoms with E-state index in [1.54, 1.807) is 17.0 Å². The molecule has 1 amide bonds. The first-order valence-corrected chi connectivity index (χ1v) is 6.59. The van der Waals surface area contributed by atoms with Gasteiger partial charge in [-0.2, -0.15) is 0 Å². The Hall–Kier alpha value is -1.71. The molecule has 1 aromatic rings. The van der Waals surface area contributed by atoms with Crippen LogP contribution in [0, 0.1) is 0 Å². The molecule has 4 nitrogen and oxygen atoms in total. The molecule has 0 unspecified atom stereocenters. The highest BCUT2D eigenvalue weighted by molar-refractivity contribution is 5.71. The van der Waals surface area contributed by atoms with Gasteiger partial charge in [-0.1, -0.05) is 26.8 Å². The van der Waals surface area contributed by atoms with Crippen molar-refractivity contribution in [3.05, 3.63) is 23.8 Å². The number of aromatic hydroxyl groups is 1. The number of hydrogen-bond acceptors (Lipinski definition) is 3. The van der Waals surface area contributed by atoms with Crippen molar-refractivity contribution in [2.75, 3.05) is 13.1 Å². The van der Waals surface area contributed by atoms with Crippen LogP contribution in [-0.4, -0.2) is 29.2 Å². The van der Waals surface area contributed by atoms with Gasteiger partial charge >= 0.3 is 6.09 Å². The standard InChI is InChI=1S/C15H23NO3/c1-6-16(7-2)14(18)19-13-9-8-11(10-12(13)17)15(3,4)5/h8-10,17H,6-7H2,1-5H3. The Morgan fingerprint density at radius 2 is 1.84 bits per heavy atom. The number of carbonyl (C=O) groups is 1. The van der Waals surface area contributed by atoms with Crippen molar-refractivity contribution in [1.82, 2.24) is 4.90 Å². The summed E-state index contributed by atoms with van der Waals surface area (Å²) < 4.78 is 5.19. The number of rotatable bonds is 3. The van der Waals surface area contributed by atoms with E-state index in [1.807, 2.05) is 19.9 Å². The van der Waals surface area contributed by atoms with Crippen LogP contribution < -0.4 is 4.74 Å². The van der Waals surface area contributed by atoms with Gasteiger partial charge in [0.25, 0.3) is 0 Å². The summed E-state index contributed by atoms with van der Waals surface area (Å²) in [5.41, 5.74) is 0.937. The first-order valence-electron chi connectivity index (χ1n) is 6.59. The molecule has 0 aliphatic heterocycles. The lowest BCUT2D eigenvalue weighted by Gasteiger charge is -2.21. The summed E-state index contributed by atoms with van der Waals surface area (Å²) in [6.07, 6.45) is -0.441. The maximum atomic E-state index is 11.8. The van der Waals surface area contributed by atoms with Gasteiger partial charge < -0.3 is 14.7 Å². The second-order valence-corrected chi connectivity index (χ2v) is 5.47. The third kappa shape index (κ3) is 3.88. The Balaban J connectivity index is 2.89. The van der Waals surface area contributed by atoms with Gasteiger partial charge in [0.2, 0.25) is 0 Å². The molecule has 0 saturated carbocycles. The van der Waals surface area contributed by atoms with E-state index in [-0.39, 0.29) is 16.9 Å². The number of phenolic OH excluding ortho intramolecular Hbond substituents is 1. The lowest BCUT2D eigenvalue weighted by Crippen LogP contribution is -2.33. The maximum Gasteiger partial charge on any atom is 0.415 e. The Labute approximate surface area is 115 Å². The van der Waals surface area contributed by atoms with Crippen molar-refractivity contribution in [2.24, 2.45) is 0 Å². The highest BCUT2D eigenvalue weighted by Gasteiger charge is 2.18. The molecule has 0 fully saturated rings. The van der Waals surface area contributed by atoms with Crippen LogP contribution in [0.4, 0.5) is 4.79 Å². The Bertz CT molecular complexity index is 445. The smallest absolute Gasteiger partial charge is 0.415 e. The average Bonchev–Trinajstić information content (AvgIpc) is 2.32. The number of carbonyl (C=O) groups excluding carboxylic acids is 1. The number of ether oxygens (including phenoxy) is 1. The van der Waals surface area contributed by atoms with Gasteiger partial charge in [0.05, 0.1) is 0 Å². The molecule has 0 aliphatic carbocycles. The molecule has 0 aromatic heterocycles. The number of phenols is 1. The number of amides is 1. The van der Waals surface area contributed by atoms with E-state index in [0.717, 1.165) is 5.56 Å². The van der Waals surface area contributed by atoms with Crippen molar-refractivity contribution in [1.29, 1.82) is 0 Å². The highest BCUT2D eigenvalue weighted by atomic mass is 16.6. The first-order chi connectivity index (χ1) is 8.79. The molecule has 0 atom stereocenters. The minimum Gasteiger partial charge on any atom is -0.504 e. The predicted molar refractivity (Wildman–Crippen MR) is 75.8 cm³/mol. The number of hydrogen-bond donors (Lipinski definition) is 1. The molecule has 0 spiro atoms. The fourth-order valence-electron chi connectivity index (χ4n) is 1.71. The fraction of sp³-hybridized carbons (Fsp3) is 0.533. The molecule has 0 heterocycles. The monoisotopic (exact) mass is 265 g/mol. The predicted octanol–water partition coefficient (Wildman–Crippen LogP) is 3.53. The van der Waals surface area contributed by atoms with Crippen LogP contribution in [0.25, 0.3) is 0 Å². The maximum absolute atomic E-state index is 11.8. The lowest BCUT2D eigenvalue weighted by molar-refractivity contribution is 0.155. The minimum atomic E-state index is -0.441. The van der Waals surface area contributed by atoms with Gasteiger partial charge in [-0.15, -0.1) is 0 Å². The zero-order valence-electron chi connectivity index (χ0n) is 12.4. The van der Waals surface area contributed by atoms with Gasteiger partial charge in [-0.05, 0) is 37.0 Å². The molecule has 4 heteroatoms. The lowest BCUT2D eigenvalue weighted by atomic mass is 9.87. The van der Waals surface area contributed by atoms with Crippen LogP contribution in [0.15, 0.2) is 18.2 Å². The molecule has 0 aliphatic rings. The minimum absolute atomic E-state index is 0.00655. The van der Waals surface area contributed by atoms with Gasteiger partial charge in [-0.3, -0.25) is 0 Å². The summed E-state index contributed by atoms with van der Waals surface area (Å²) in [7, 11) is 0. The first kappa shape index (κ1) is 15.3.